The van der Waals surface area contributed by atoms with Crippen LogP contribution >= 0.6 is 15.9 Å². The Morgan fingerprint density at radius 1 is 1.20 bits per heavy atom. The highest BCUT2D eigenvalue weighted by Crippen LogP contribution is 2.30. The summed E-state index contributed by atoms with van der Waals surface area (Å²) in [4.78, 5) is 8.37. The van der Waals surface area contributed by atoms with Crippen molar-refractivity contribution in [3.05, 3.63) is 71.8 Å². The maximum absolute atomic E-state index is 7.97. The van der Waals surface area contributed by atoms with Gasteiger partial charge in [-0.2, -0.15) is 0 Å². The van der Waals surface area contributed by atoms with E-state index in [9.17, 15) is 0 Å². The summed E-state index contributed by atoms with van der Waals surface area (Å²) in [6, 6.07) is 13.4. The molecule has 0 amide bonds. The van der Waals surface area contributed by atoms with Crippen molar-refractivity contribution in [1.29, 1.82) is 0 Å². The minimum atomic E-state index is 0.208. The summed E-state index contributed by atoms with van der Waals surface area (Å²) < 4.78 is 16.3. The van der Waals surface area contributed by atoms with Crippen LogP contribution in [0, 0.1) is 0 Å². The van der Waals surface area contributed by atoms with Crippen LogP contribution in [0.4, 0.5) is 11.4 Å². The number of hydrogen-bond donors (Lipinski definition) is 1. The van der Waals surface area contributed by atoms with E-state index in [0.717, 1.165) is 38.2 Å². The molecule has 0 spiro atoms. The molecule has 2 aromatic heterocycles. The van der Waals surface area contributed by atoms with Gasteiger partial charge in [-0.15, -0.1) is 0 Å². The largest absolute Gasteiger partial charge is 0.497 e. The third kappa shape index (κ3) is 3.21. The van der Waals surface area contributed by atoms with Crippen LogP contribution in [0.1, 0.15) is 1.37 Å². The SMILES string of the molecule is [2H]c1cc(Nc2cc(OC)cc(-n3ccnc3)c2)c2cc(Br)ccc2n1. The number of ether oxygens (including phenoxy) is 1. The second kappa shape index (κ2) is 6.57. The minimum absolute atomic E-state index is 0.208. The van der Waals surface area contributed by atoms with E-state index in [1.807, 2.05) is 47.2 Å². The fourth-order valence-corrected chi connectivity index (χ4v) is 3.02. The lowest BCUT2D eigenvalue weighted by molar-refractivity contribution is 0.415. The van der Waals surface area contributed by atoms with Gasteiger partial charge < -0.3 is 14.6 Å². The molecule has 0 aliphatic rings. The van der Waals surface area contributed by atoms with E-state index in [4.69, 9.17) is 6.11 Å². The molecule has 0 unspecified atom stereocenters. The number of anilines is 2. The molecule has 25 heavy (non-hydrogen) atoms. The lowest BCUT2D eigenvalue weighted by Gasteiger charge is -2.13. The molecule has 124 valence electrons. The minimum Gasteiger partial charge on any atom is -0.497 e. The van der Waals surface area contributed by atoms with Gasteiger partial charge in [0.15, 0.2) is 0 Å². The van der Waals surface area contributed by atoms with Gasteiger partial charge in [-0.05, 0) is 30.3 Å². The van der Waals surface area contributed by atoms with Crippen LogP contribution in [0.25, 0.3) is 16.6 Å². The Labute approximate surface area is 154 Å². The van der Waals surface area contributed by atoms with Crippen molar-refractivity contribution < 1.29 is 6.11 Å². The summed E-state index contributed by atoms with van der Waals surface area (Å²) in [6.07, 6.45) is 5.55. The molecule has 0 aliphatic carbocycles. The molecular formula is C19H15BrN4O. The van der Waals surface area contributed by atoms with Crippen molar-refractivity contribution in [1.82, 2.24) is 14.5 Å². The predicted octanol–water partition coefficient (Wildman–Crippen LogP) is 4.94. The van der Waals surface area contributed by atoms with E-state index >= 15 is 0 Å². The first-order valence-electron chi connectivity index (χ1n) is 8.14. The van der Waals surface area contributed by atoms with Crippen LogP contribution in [0.15, 0.2) is 71.8 Å². The van der Waals surface area contributed by atoms with E-state index in [2.05, 4.69) is 31.2 Å². The van der Waals surface area contributed by atoms with Gasteiger partial charge in [-0.1, -0.05) is 15.9 Å². The number of pyridine rings is 1. The predicted molar refractivity (Wildman–Crippen MR) is 103 cm³/mol. The van der Waals surface area contributed by atoms with Gasteiger partial charge in [0.2, 0.25) is 0 Å². The molecule has 0 atom stereocenters. The number of methoxy groups -OCH3 is 1. The van der Waals surface area contributed by atoms with E-state index in [1.165, 1.54) is 0 Å². The molecule has 0 saturated heterocycles. The molecular weight excluding hydrogens is 380 g/mol. The molecule has 2 aromatic carbocycles. The fraction of sp³-hybridized carbons (Fsp3) is 0.0526. The second-order valence-corrected chi connectivity index (χ2v) is 6.39. The Morgan fingerprint density at radius 3 is 2.92 bits per heavy atom. The van der Waals surface area contributed by atoms with Crippen LogP contribution in [-0.2, 0) is 0 Å². The van der Waals surface area contributed by atoms with E-state index in [-0.39, 0.29) is 6.17 Å². The maximum atomic E-state index is 7.97. The van der Waals surface area contributed by atoms with Crippen LogP contribution in [-0.4, -0.2) is 21.6 Å². The molecule has 2 heterocycles. The number of nitrogens with zero attached hydrogens (tertiary/aromatic N) is 3. The molecule has 6 heteroatoms. The summed E-state index contributed by atoms with van der Waals surface area (Å²) in [5.41, 5.74) is 3.35. The highest BCUT2D eigenvalue weighted by Gasteiger charge is 2.07. The average molecular weight is 396 g/mol. The number of rotatable bonds is 4. The van der Waals surface area contributed by atoms with Crippen molar-refractivity contribution in [3.8, 4) is 11.4 Å². The van der Waals surface area contributed by atoms with Crippen molar-refractivity contribution in [2.45, 2.75) is 0 Å². The monoisotopic (exact) mass is 395 g/mol. The molecule has 5 nitrogen and oxygen atoms in total. The fourth-order valence-electron chi connectivity index (χ4n) is 2.66. The lowest BCUT2D eigenvalue weighted by Crippen LogP contribution is -1.97. The molecule has 0 radical (unpaired) electrons. The van der Waals surface area contributed by atoms with E-state index in [1.54, 1.807) is 25.7 Å². The van der Waals surface area contributed by atoms with E-state index in [0.29, 0.717) is 0 Å². The van der Waals surface area contributed by atoms with Gasteiger partial charge in [-0.25, -0.2) is 4.98 Å². The highest BCUT2D eigenvalue weighted by molar-refractivity contribution is 9.10. The van der Waals surface area contributed by atoms with Gasteiger partial charge in [-0.3, -0.25) is 4.98 Å². The van der Waals surface area contributed by atoms with Gasteiger partial charge in [0.05, 0.1) is 26.0 Å². The third-order valence-electron chi connectivity index (χ3n) is 3.85. The number of benzene rings is 2. The first kappa shape index (κ1) is 14.5. The van der Waals surface area contributed by atoms with Crippen LogP contribution < -0.4 is 10.1 Å². The number of nitrogens with one attached hydrogen (secondary N) is 1. The summed E-state index contributed by atoms with van der Waals surface area (Å²) in [6.45, 7) is 0. The molecule has 0 saturated carbocycles. The molecule has 1 N–H and O–H groups in total. The Kier molecular flexibility index (Phi) is 3.80. The van der Waals surface area contributed by atoms with Crippen LogP contribution in [0.5, 0.6) is 5.75 Å². The Bertz CT molecular complexity index is 1080. The van der Waals surface area contributed by atoms with Crippen molar-refractivity contribution in [2.75, 3.05) is 12.4 Å². The quantitative estimate of drug-likeness (QED) is 0.531. The summed E-state index contributed by atoms with van der Waals surface area (Å²) in [7, 11) is 1.64. The highest BCUT2D eigenvalue weighted by atomic mass is 79.9. The van der Waals surface area contributed by atoms with Gasteiger partial charge in [0.25, 0.3) is 0 Å². The third-order valence-corrected chi connectivity index (χ3v) is 4.34. The maximum Gasteiger partial charge on any atom is 0.123 e. The number of imidazole rings is 1. The zero-order chi connectivity index (χ0) is 18.1. The number of halogens is 1. The molecule has 0 aliphatic heterocycles. The lowest BCUT2D eigenvalue weighted by atomic mass is 10.1. The Morgan fingerprint density at radius 2 is 2.12 bits per heavy atom. The van der Waals surface area contributed by atoms with Crippen molar-refractivity contribution >= 4 is 38.2 Å². The zero-order valence-corrected chi connectivity index (χ0v) is 15.0. The Balaban J connectivity index is 1.81. The smallest absolute Gasteiger partial charge is 0.123 e. The summed E-state index contributed by atoms with van der Waals surface area (Å²) in [5.74, 6) is 0.726. The van der Waals surface area contributed by atoms with Crippen molar-refractivity contribution in [3.63, 3.8) is 0 Å². The second-order valence-electron chi connectivity index (χ2n) is 5.48. The average Bonchev–Trinajstić information content (AvgIpc) is 3.17. The molecule has 4 rings (SSSR count). The van der Waals surface area contributed by atoms with Gasteiger partial charge >= 0.3 is 0 Å². The van der Waals surface area contributed by atoms with E-state index < -0.39 is 0 Å². The molecule has 0 bridgehead atoms. The normalized spacial score (nSPS) is 11.4. The molecule has 0 fully saturated rings. The number of aromatic nitrogens is 3. The first-order valence-corrected chi connectivity index (χ1v) is 8.43. The number of fused-ring (bicyclic) bond motifs is 1. The first-order chi connectivity index (χ1) is 12.6. The van der Waals surface area contributed by atoms with Crippen molar-refractivity contribution in [2.24, 2.45) is 0 Å². The van der Waals surface area contributed by atoms with Gasteiger partial charge in [0, 0.05) is 51.9 Å². The molecule has 4 aromatic rings. The number of hydrogen-bond acceptors (Lipinski definition) is 4. The van der Waals surface area contributed by atoms with Crippen LogP contribution in [0.2, 0.25) is 0 Å². The topological polar surface area (TPSA) is 52.0 Å². The summed E-state index contributed by atoms with van der Waals surface area (Å²) in [5, 5.41) is 4.33. The van der Waals surface area contributed by atoms with Gasteiger partial charge in [0.1, 0.15) is 5.75 Å². The Hall–Kier alpha value is -2.86. The van der Waals surface area contributed by atoms with Crippen LogP contribution in [0.3, 0.4) is 0 Å². The standard InChI is InChI=1S/C19H15BrN4O/c1-25-16-10-14(9-15(11-16)24-7-6-21-12-24)23-19-4-5-22-18-3-2-13(20)8-17(18)19/h2-12H,1H3,(H,22,23)/i5D. The zero-order valence-electron chi connectivity index (χ0n) is 14.4. The summed E-state index contributed by atoms with van der Waals surface area (Å²) >= 11 is 3.50.